The van der Waals surface area contributed by atoms with Crippen molar-refractivity contribution in [1.82, 2.24) is 10.2 Å². The Morgan fingerprint density at radius 2 is 1.81 bits per heavy atom. The molecule has 6 nitrogen and oxygen atoms in total. The molecule has 0 aromatic heterocycles. The predicted molar refractivity (Wildman–Crippen MR) is 107 cm³/mol. The molecule has 0 unspecified atom stereocenters. The van der Waals surface area contributed by atoms with Gasteiger partial charge < -0.3 is 15.5 Å². The number of amides is 3. The summed E-state index contributed by atoms with van der Waals surface area (Å²) in [5, 5.41) is 5.84. The van der Waals surface area contributed by atoms with Gasteiger partial charge in [-0.15, -0.1) is 11.8 Å². The van der Waals surface area contributed by atoms with Crippen LogP contribution in [0.5, 0.6) is 0 Å². The van der Waals surface area contributed by atoms with Gasteiger partial charge in [0, 0.05) is 37.4 Å². The van der Waals surface area contributed by atoms with E-state index in [1.165, 1.54) is 18.7 Å². The third-order valence-electron chi connectivity index (χ3n) is 5.03. The van der Waals surface area contributed by atoms with Crippen molar-refractivity contribution in [1.29, 1.82) is 0 Å². The summed E-state index contributed by atoms with van der Waals surface area (Å²) in [5.41, 5.74) is 0.743. The number of para-hydroxylation sites is 1. The first kappa shape index (κ1) is 19.7. The normalized spacial score (nSPS) is 17.4. The van der Waals surface area contributed by atoms with E-state index in [1.807, 2.05) is 29.2 Å². The number of hydrogen-bond acceptors (Lipinski definition) is 4. The number of nitrogens with one attached hydrogen (secondary N) is 2. The first-order valence-corrected chi connectivity index (χ1v) is 10.6. The second kappa shape index (κ2) is 9.26. The fraction of sp³-hybridized carbons (Fsp3) is 0.550. The van der Waals surface area contributed by atoms with Gasteiger partial charge >= 0.3 is 0 Å². The van der Waals surface area contributed by atoms with E-state index in [0.29, 0.717) is 11.7 Å². The van der Waals surface area contributed by atoms with Crippen molar-refractivity contribution in [2.45, 2.75) is 37.5 Å². The van der Waals surface area contributed by atoms with Gasteiger partial charge in [-0.25, -0.2) is 0 Å². The molecule has 3 amide bonds. The summed E-state index contributed by atoms with van der Waals surface area (Å²) >= 11 is 1.45. The van der Waals surface area contributed by atoms with E-state index in [9.17, 15) is 14.4 Å². The number of hydrogen-bond donors (Lipinski definition) is 2. The fourth-order valence-electron chi connectivity index (χ4n) is 3.24. The highest BCUT2D eigenvalue weighted by molar-refractivity contribution is 8.00. The second-order valence-corrected chi connectivity index (χ2v) is 8.33. The molecule has 2 fully saturated rings. The highest BCUT2D eigenvalue weighted by atomic mass is 32.2. The Kier molecular flexibility index (Phi) is 6.77. The first-order valence-electron chi connectivity index (χ1n) is 9.58. The van der Waals surface area contributed by atoms with Gasteiger partial charge in [0.25, 0.3) is 0 Å². The van der Waals surface area contributed by atoms with E-state index < -0.39 is 0 Å². The molecule has 1 aliphatic carbocycles. The van der Waals surface area contributed by atoms with Crippen LogP contribution in [0, 0.1) is 11.8 Å². The summed E-state index contributed by atoms with van der Waals surface area (Å²) < 4.78 is 0. The van der Waals surface area contributed by atoms with Crippen LogP contribution in [0.1, 0.15) is 32.6 Å². The van der Waals surface area contributed by atoms with Gasteiger partial charge in [-0.2, -0.15) is 0 Å². The van der Waals surface area contributed by atoms with Crippen molar-refractivity contribution in [2.75, 3.05) is 30.7 Å². The molecule has 27 heavy (non-hydrogen) atoms. The third kappa shape index (κ3) is 5.99. The maximum Gasteiger partial charge on any atom is 0.232 e. The number of benzene rings is 1. The molecule has 1 heterocycles. The summed E-state index contributed by atoms with van der Waals surface area (Å²) in [6.07, 6.45) is 3.93. The minimum Gasteiger partial charge on any atom is -0.356 e. The Bertz CT molecular complexity index is 697. The summed E-state index contributed by atoms with van der Waals surface area (Å²) in [4.78, 5) is 38.4. The molecular weight excluding hydrogens is 362 g/mol. The predicted octanol–water partition coefficient (Wildman–Crippen LogP) is 2.50. The van der Waals surface area contributed by atoms with Crippen molar-refractivity contribution in [3.05, 3.63) is 24.3 Å². The number of rotatable bonds is 7. The molecule has 2 aliphatic rings. The lowest BCUT2D eigenvalue weighted by Gasteiger charge is -2.32. The Morgan fingerprint density at radius 3 is 2.48 bits per heavy atom. The van der Waals surface area contributed by atoms with Crippen LogP contribution in [-0.2, 0) is 14.4 Å². The number of thioether (sulfide) groups is 1. The number of piperidine rings is 1. The van der Waals surface area contributed by atoms with Crippen LogP contribution in [0.25, 0.3) is 0 Å². The molecule has 7 heteroatoms. The van der Waals surface area contributed by atoms with E-state index in [0.717, 1.165) is 55.9 Å². The van der Waals surface area contributed by atoms with Crippen LogP contribution in [0.3, 0.4) is 0 Å². The fourth-order valence-corrected chi connectivity index (χ4v) is 4.15. The van der Waals surface area contributed by atoms with Crippen molar-refractivity contribution in [3.63, 3.8) is 0 Å². The summed E-state index contributed by atoms with van der Waals surface area (Å²) in [6, 6.07) is 7.52. The number of likely N-dealkylation sites (tertiary alicyclic amines) is 1. The molecule has 1 aromatic rings. The minimum atomic E-state index is -0.120. The Balaban J connectivity index is 1.40. The smallest absolute Gasteiger partial charge is 0.232 e. The van der Waals surface area contributed by atoms with Crippen molar-refractivity contribution in [3.8, 4) is 0 Å². The number of carbonyl (C=O) groups is 3. The topological polar surface area (TPSA) is 78.5 Å². The lowest BCUT2D eigenvalue weighted by atomic mass is 9.96. The lowest BCUT2D eigenvalue weighted by Crippen LogP contribution is -2.42. The van der Waals surface area contributed by atoms with Gasteiger partial charge in [0.1, 0.15) is 0 Å². The maximum atomic E-state index is 12.5. The van der Waals surface area contributed by atoms with Gasteiger partial charge in [-0.1, -0.05) is 12.1 Å². The number of carbonyl (C=O) groups excluding carboxylic acids is 3. The SMILES string of the molecule is CC(=O)Nc1ccccc1SCC(=O)N1CCC(CNC(=O)C2CC2)CC1. The van der Waals surface area contributed by atoms with Crippen molar-refractivity contribution in [2.24, 2.45) is 11.8 Å². The average Bonchev–Trinajstić information content (AvgIpc) is 3.50. The zero-order valence-corrected chi connectivity index (χ0v) is 16.5. The highest BCUT2D eigenvalue weighted by Crippen LogP contribution is 2.29. The average molecular weight is 390 g/mol. The molecule has 1 aromatic carbocycles. The second-order valence-electron chi connectivity index (χ2n) is 7.31. The Labute approximate surface area is 164 Å². The van der Waals surface area contributed by atoms with Crippen LogP contribution in [0.15, 0.2) is 29.2 Å². The molecule has 146 valence electrons. The monoisotopic (exact) mass is 389 g/mol. The van der Waals surface area contributed by atoms with E-state index in [2.05, 4.69) is 10.6 Å². The summed E-state index contributed by atoms with van der Waals surface area (Å²) in [5.74, 6) is 1.28. The number of anilines is 1. The lowest BCUT2D eigenvalue weighted by molar-refractivity contribution is -0.130. The van der Waals surface area contributed by atoms with Gasteiger partial charge in [0.05, 0.1) is 11.4 Å². The van der Waals surface area contributed by atoms with E-state index in [-0.39, 0.29) is 23.6 Å². The minimum absolute atomic E-state index is 0.120. The molecule has 3 rings (SSSR count). The van der Waals surface area contributed by atoms with E-state index >= 15 is 0 Å². The largest absolute Gasteiger partial charge is 0.356 e. The standard InChI is InChI=1S/C20H27N3O3S/c1-14(24)22-17-4-2-3-5-18(17)27-13-19(25)23-10-8-15(9-11-23)12-21-20(26)16-6-7-16/h2-5,15-16H,6-13H2,1H3,(H,21,26)(H,22,24). The quantitative estimate of drug-likeness (QED) is 0.703. The van der Waals surface area contributed by atoms with E-state index in [1.54, 1.807) is 0 Å². The van der Waals surface area contributed by atoms with Crippen LogP contribution < -0.4 is 10.6 Å². The van der Waals surface area contributed by atoms with Crippen LogP contribution >= 0.6 is 11.8 Å². The Morgan fingerprint density at radius 1 is 1.11 bits per heavy atom. The van der Waals surface area contributed by atoms with Crippen LogP contribution in [-0.4, -0.2) is 48.0 Å². The van der Waals surface area contributed by atoms with E-state index in [4.69, 9.17) is 0 Å². The van der Waals surface area contributed by atoms with Crippen LogP contribution in [0.2, 0.25) is 0 Å². The molecule has 0 bridgehead atoms. The molecule has 1 aliphatic heterocycles. The molecule has 1 saturated carbocycles. The van der Waals surface area contributed by atoms with Gasteiger partial charge in [-0.3, -0.25) is 14.4 Å². The van der Waals surface area contributed by atoms with Gasteiger partial charge in [-0.05, 0) is 43.7 Å². The zero-order chi connectivity index (χ0) is 19.2. The maximum absolute atomic E-state index is 12.5. The number of nitrogens with zero attached hydrogens (tertiary/aromatic N) is 1. The summed E-state index contributed by atoms with van der Waals surface area (Å²) in [6.45, 7) is 3.70. The van der Waals surface area contributed by atoms with Gasteiger partial charge in [0.2, 0.25) is 17.7 Å². The highest BCUT2D eigenvalue weighted by Gasteiger charge is 2.30. The zero-order valence-electron chi connectivity index (χ0n) is 15.7. The van der Waals surface area contributed by atoms with Crippen LogP contribution in [0.4, 0.5) is 5.69 Å². The molecule has 0 radical (unpaired) electrons. The van der Waals surface area contributed by atoms with Crippen molar-refractivity contribution >= 4 is 35.2 Å². The molecule has 0 atom stereocenters. The molecule has 1 saturated heterocycles. The van der Waals surface area contributed by atoms with Crippen molar-refractivity contribution < 1.29 is 14.4 Å². The molecule has 2 N–H and O–H groups in total. The molecule has 0 spiro atoms. The van der Waals surface area contributed by atoms with Gasteiger partial charge in [0.15, 0.2) is 0 Å². The summed E-state index contributed by atoms with van der Waals surface area (Å²) in [7, 11) is 0. The Hall–Kier alpha value is -2.02. The third-order valence-corrected chi connectivity index (χ3v) is 6.09. The first-order chi connectivity index (χ1) is 13.0. The molecular formula is C20H27N3O3S.